The Hall–Kier alpha value is -2.54. The Labute approximate surface area is 179 Å². The van der Waals surface area contributed by atoms with Gasteiger partial charge in [0.05, 0.1) is 5.25 Å². The smallest absolute Gasteiger partial charge is 0.255 e. The van der Waals surface area contributed by atoms with Crippen LogP contribution in [-0.4, -0.2) is 32.7 Å². The summed E-state index contributed by atoms with van der Waals surface area (Å²) < 4.78 is 26.4. The van der Waals surface area contributed by atoms with Gasteiger partial charge in [0.2, 0.25) is 10.0 Å². The minimum absolute atomic E-state index is 0.235. The molecule has 0 aromatic heterocycles. The Morgan fingerprint density at radius 1 is 0.933 bits per heavy atom. The molecule has 0 bridgehead atoms. The quantitative estimate of drug-likeness (QED) is 0.705. The second-order valence-corrected chi connectivity index (χ2v) is 10.9. The van der Waals surface area contributed by atoms with Crippen molar-refractivity contribution in [3.05, 3.63) is 54.1 Å². The molecule has 0 unspecified atom stereocenters. The number of hydrogen-bond donors (Lipinski definition) is 2. The number of hydrogen-bond acceptors (Lipinski definition) is 4. The van der Waals surface area contributed by atoms with Gasteiger partial charge in [-0.3, -0.25) is 9.52 Å². The van der Waals surface area contributed by atoms with Gasteiger partial charge >= 0.3 is 0 Å². The van der Waals surface area contributed by atoms with Crippen LogP contribution < -0.4 is 14.9 Å². The summed E-state index contributed by atoms with van der Waals surface area (Å²) >= 11 is 0. The van der Waals surface area contributed by atoms with Crippen LogP contribution in [0.15, 0.2) is 48.5 Å². The molecule has 1 aliphatic rings. The summed E-state index contributed by atoms with van der Waals surface area (Å²) in [4.78, 5) is 14.9. The Balaban J connectivity index is 1.62. The van der Waals surface area contributed by atoms with E-state index < -0.39 is 15.3 Å². The fraction of sp³-hybridized carbons (Fsp3) is 0.435. The van der Waals surface area contributed by atoms with Crippen molar-refractivity contribution in [1.29, 1.82) is 0 Å². The van der Waals surface area contributed by atoms with Gasteiger partial charge in [0.1, 0.15) is 0 Å². The highest BCUT2D eigenvalue weighted by Crippen LogP contribution is 2.27. The lowest BCUT2D eigenvalue weighted by atomic mass is 9.91. The fourth-order valence-corrected chi connectivity index (χ4v) is 4.50. The Bertz CT molecular complexity index is 960. The molecule has 7 heteroatoms. The second kappa shape index (κ2) is 9.08. The van der Waals surface area contributed by atoms with E-state index in [-0.39, 0.29) is 5.91 Å². The van der Waals surface area contributed by atoms with Crippen LogP contribution in [0.25, 0.3) is 0 Å². The molecule has 1 fully saturated rings. The van der Waals surface area contributed by atoms with E-state index >= 15 is 0 Å². The topological polar surface area (TPSA) is 78.5 Å². The summed E-state index contributed by atoms with van der Waals surface area (Å²) in [5, 5.41) is 2.37. The highest BCUT2D eigenvalue weighted by molar-refractivity contribution is 7.93. The Morgan fingerprint density at radius 3 is 2.00 bits per heavy atom. The van der Waals surface area contributed by atoms with E-state index in [1.807, 2.05) is 24.3 Å². The lowest BCUT2D eigenvalue weighted by Gasteiger charge is -2.36. The van der Waals surface area contributed by atoms with Gasteiger partial charge in [-0.2, -0.15) is 0 Å². The molecule has 2 aromatic carbocycles. The van der Waals surface area contributed by atoms with Gasteiger partial charge in [-0.25, -0.2) is 8.42 Å². The van der Waals surface area contributed by atoms with Gasteiger partial charge < -0.3 is 10.2 Å². The van der Waals surface area contributed by atoms with Crippen LogP contribution >= 0.6 is 0 Å². The van der Waals surface area contributed by atoms with Crippen molar-refractivity contribution in [3.8, 4) is 0 Å². The van der Waals surface area contributed by atoms with Crippen LogP contribution in [-0.2, 0) is 10.0 Å². The van der Waals surface area contributed by atoms with Crippen molar-refractivity contribution >= 4 is 33.0 Å². The van der Waals surface area contributed by atoms with Crippen LogP contribution in [0.1, 0.15) is 44.5 Å². The number of carbonyl (C=O) groups is 1. The maximum atomic E-state index is 12.5. The highest BCUT2D eigenvalue weighted by atomic mass is 32.2. The summed E-state index contributed by atoms with van der Waals surface area (Å²) in [6.07, 6.45) is 1.27. The summed E-state index contributed by atoms with van der Waals surface area (Å²) in [5.41, 5.74) is 2.81. The molecule has 30 heavy (non-hydrogen) atoms. The van der Waals surface area contributed by atoms with Gasteiger partial charge in [0, 0.05) is 35.7 Å². The third kappa shape index (κ3) is 5.53. The van der Waals surface area contributed by atoms with Crippen LogP contribution in [0, 0.1) is 11.8 Å². The van der Waals surface area contributed by atoms with E-state index in [4.69, 9.17) is 0 Å². The molecule has 0 spiro atoms. The molecule has 1 heterocycles. The summed E-state index contributed by atoms with van der Waals surface area (Å²) in [7, 11) is -3.41. The predicted octanol–water partition coefficient (Wildman–Crippen LogP) is 4.57. The van der Waals surface area contributed by atoms with Gasteiger partial charge in [0.25, 0.3) is 5.91 Å². The van der Waals surface area contributed by atoms with Crippen molar-refractivity contribution < 1.29 is 13.2 Å². The molecule has 0 radical (unpaired) electrons. The van der Waals surface area contributed by atoms with Gasteiger partial charge in [0.15, 0.2) is 0 Å². The first-order chi connectivity index (χ1) is 14.1. The van der Waals surface area contributed by atoms with Crippen molar-refractivity contribution in [3.63, 3.8) is 0 Å². The molecule has 162 valence electrons. The summed E-state index contributed by atoms with van der Waals surface area (Å²) in [5.74, 6) is 1.13. The van der Waals surface area contributed by atoms with Crippen LogP contribution in [0.2, 0.25) is 0 Å². The maximum Gasteiger partial charge on any atom is 0.255 e. The zero-order valence-electron chi connectivity index (χ0n) is 18.1. The van der Waals surface area contributed by atoms with Gasteiger partial charge in [-0.05, 0) is 80.6 Å². The number of benzene rings is 2. The Kier molecular flexibility index (Phi) is 6.71. The van der Waals surface area contributed by atoms with Crippen molar-refractivity contribution in [1.82, 2.24) is 0 Å². The molecule has 3 rings (SSSR count). The van der Waals surface area contributed by atoms with E-state index in [2.05, 4.69) is 28.8 Å². The second-order valence-electron chi connectivity index (χ2n) is 8.63. The van der Waals surface area contributed by atoms with Crippen molar-refractivity contribution in [2.45, 2.75) is 39.4 Å². The maximum absolute atomic E-state index is 12.5. The van der Waals surface area contributed by atoms with Gasteiger partial charge in [-0.15, -0.1) is 0 Å². The molecule has 2 atom stereocenters. The van der Waals surface area contributed by atoms with Crippen LogP contribution in [0.4, 0.5) is 17.1 Å². The minimum atomic E-state index is -3.41. The first kappa shape index (κ1) is 22.2. The average Bonchev–Trinajstić information content (AvgIpc) is 2.68. The number of rotatable bonds is 6. The number of anilines is 3. The molecule has 1 saturated heterocycles. The zero-order chi connectivity index (χ0) is 21.9. The van der Waals surface area contributed by atoms with E-state index in [9.17, 15) is 13.2 Å². The largest absolute Gasteiger partial charge is 0.371 e. The molecule has 0 aliphatic carbocycles. The number of sulfonamides is 1. The molecular formula is C23H31N3O3S. The Morgan fingerprint density at radius 2 is 1.47 bits per heavy atom. The zero-order valence-corrected chi connectivity index (χ0v) is 18.9. The van der Waals surface area contributed by atoms with E-state index in [0.29, 0.717) is 23.1 Å². The van der Waals surface area contributed by atoms with Crippen LogP contribution in [0.3, 0.4) is 0 Å². The third-order valence-corrected chi connectivity index (χ3v) is 7.15. The normalized spacial score (nSPS) is 19.6. The number of nitrogens with zero attached hydrogens (tertiary/aromatic N) is 1. The number of amides is 1. The van der Waals surface area contributed by atoms with E-state index in [1.165, 1.54) is 12.1 Å². The fourth-order valence-electron chi connectivity index (χ4n) is 3.80. The van der Waals surface area contributed by atoms with Gasteiger partial charge in [-0.1, -0.05) is 13.8 Å². The number of nitrogens with one attached hydrogen (secondary N) is 2. The SMILES string of the molecule is CC(C)S(=O)(=O)Nc1ccc(C(=O)Nc2ccc(N3C[C@H](C)C[C@@H](C)C3)cc2)cc1. The molecular weight excluding hydrogens is 398 g/mol. The monoisotopic (exact) mass is 429 g/mol. The number of piperidine rings is 1. The lowest BCUT2D eigenvalue weighted by molar-refractivity contribution is 0.102. The molecule has 2 aromatic rings. The lowest BCUT2D eigenvalue weighted by Crippen LogP contribution is -2.38. The van der Waals surface area contributed by atoms with E-state index in [0.717, 1.165) is 18.8 Å². The highest BCUT2D eigenvalue weighted by Gasteiger charge is 2.22. The van der Waals surface area contributed by atoms with E-state index in [1.54, 1.807) is 38.1 Å². The molecule has 6 nitrogen and oxygen atoms in total. The molecule has 1 amide bonds. The van der Waals surface area contributed by atoms with Crippen molar-refractivity contribution in [2.75, 3.05) is 28.0 Å². The first-order valence-corrected chi connectivity index (χ1v) is 12.0. The average molecular weight is 430 g/mol. The third-order valence-electron chi connectivity index (χ3n) is 5.39. The molecule has 0 saturated carbocycles. The molecule has 2 N–H and O–H groups in total. The van der Waals surface area contributed by atoms with Crippen LogP contribution in [0.5, 0.6) is 0 Å². The summed E-state index contributed by atoms with van der Waals surface area (Å²) in [6.45, 7) is 9.92. The summed E-state index contributed by atoms with van der Waals surface area (Å²) in [6, 6.07) is 14.3. The standard InChI is InChI=1S/C23H31N3O3S/c1-16(2)30(28,29)25-21-7-5-19(6-8-21)23(27)24-20-9-11-22(12-10-20)26-14-17(3)13-18(4)15-26/h5-12,16-18,25H,13-15H2,1-4H3,(H,24,27)/t17-,18-/m1/s1. The first-order valence-electron chi connectivity index (χ1n) is 10.4. The number of carbonyl (C=O) groups excluding carboxylic acids is 1. The van der Waals surface area contributed by atoms with Crippen molar-refractivity contribution in [2.24, 2.45) is 11.8 Å². The minimum Gasteiger partial charge on any atom is -0.371 e. The molecule has 1 aliphatic heterocycles. The predicted molar refractivity (Wildman–Crippen MR) is 124 cm³/mol.